The first-order valence-electron chi connectivity index (χ1n) is 11.5. The molecule has 1 unspecified atom stereocenters. The Kier molecular flexibility index (Phi) is 5.94. The fourth-order valence-corrected chi connectivity index (χ4v) is 5.40. The van der Waals surface area contributed by atoms with Crippen LogP contribution < -0.4 is 4.90 Å². The van der Waals surface area contributed by atoms with Crippen LogP contribution in [0.25, 0.3) is 0 Å². The molecule has 1 N–H and O–H groups in total. The number of benzene rings is 3. The van der Waals surface area contributed by atoms with E-state index in [0.717, 1.165) is 29.3 Å². The maximum absolute atomic E-state index is 13.5. The van der Waals surface area contributed by atoms with Gasteiger partial charge in [0.05, 0.1) is 12.1 Å². The number of halogens is 1. The van der Waals surface area contributed by atoms with Gasteiger partial charge in [-0.2, -0.15) is 0 Å². The van der Waals surface area contributed by atoms with Crippen LogP contribution in [0.5, 0.6) is 0 Å². The maximum atomic E-state index is 13.5. The standard InChI is InChI=1S/C28H26BrNO3/c29-23-12-13-25-24(17-23)28(33,27(32)30(25)15-14-19-6-2-1-3-7-19)18-26(31)22-11-10-20-8-4-5-9-21(20)16-22/h1-3,6-7,10-13,16-17,33H,4-5,8-9,14-15,18H2. The molecular weight excluding hydrogens is 478 g/mol. The Morgan fingerprint density at radius 3 is 2.52 bits per heavy atom. The predicted octanol–water partition coefficient (Wildman–Crippen LogP) is 5.38. The van der Waals surface area contributed by atoms with Crippen LogP contribution in [0.2, 0.25) is 0 Å². The Hall–Kier alpha value is -2.76. The summed E-state index contributed by atoms with van der Waals surface area (Å²) >= 11 is 3.46. The Bertz CT molecular complexity index is 1220. The molecule has 1 aliphatic heterocycles. The zero-order chi connectivity index (χ0) is 23.0. The molecule has 33 heavy (non-hydrogen) atoms. The van der Waals surface area contributed by atoms with Crippen LogP contribution in [0.4, 0.5) is 5.69 Å². The van der Waals surface area contributed by atoms with Gasteiger partial charge in [0.2, 0.25) is 0 Å². The van der Waals surface area contributed by atoms with Crippen molar-refractivity contribution < 1.29 is 14.7 Å². The van der Waals surface area contributed by atoms with Crippen molar-refractivity contribution in [3.8, 4) is 0 Å². The number of aliphatic hydroxyl groups is 1. The van der Waals surface area contributed by atoms with E-state index in [1.165, 1.54) is 17.5 Å². The first-order valence-corrected chi connectivity index (χ1v) is 12.3. The molecular formula is C28H26BrNO3. The molecule has 168 valence electrons. The molecule has 1 atom stereocenters. The number of hydrogen-bond donors (Lipinski definition) is 1. The van der Waals surface area contributed by atoms with E-state index in [-0.39, 0.29) is 12.2 Å². The first-order chi connectivity index (χ1) is 16.0. The molecule has 5 rings (SSSR count). The van der Waals surface area contributed by atoms with Gasteiger partial charge in [-0.3, -0.25) is 9.59 Å². The molecule has 0 saturated carbocycles. The van der Waals surface area contributed by atoms with Gasteiger partial charge in [-0.05, 0) is 73.1 Å². The lowest BCUT2D eigenvalue weighted by Crippen LogP contribution is -2.42. The average molecular weight is 504 g/mol. The summed E-state index contributed by atoms with van der Waals surface area (Å²) in [7, 11) is 0. The third-order valence-electron chi connectivity index (χ3n) is 6.85. The van der Waals surface area contributed by atoms with E-state index in [9.17, 15) is 14.7 Å². The fraction of sp³-hybridized carbons (Fsp3) is 0.286. The van der Waals surface area contributed by atoms with Gasteiger partial charge in [-0.25, -0.2) is 0 Å². The molecule has 1 heterocycles. The quantitative estimate of drug-likeness (QED) is 0.459. The van der Waals surface area contributed by atoms with Crippen molar-refractivity contribution in [1.29, 1.82) is 0 Å². The zero-order valence-electron chi connectivity index (χ0n) is 18.4. The van der Waals surface area contributed by atoms with Gasteiger partial charge in [0.1, 0.15) is 0 Å². The lowest BCUT2D eigenvalue weighted by Gasteiger charge is -2.23. The number of anilines is 1. The smallest absolute Gasteiger partial charge is 0.264 e. The van der Waals surface area contributed by atoms with Gasteiger partial charge in [-0.1, -0.05) is 58.4 Å². The molecule has 1 amide bonds. The average Bonchev–Trinajstić information content (AvgIpc) is 3.04. The number of rotatable bonds is 6. The number of Topliss-reactive ketones (excluding diaryl/α,β-unsaturated/α-hetero) is 1. The summed E-state index contributed by atoms with van der Waals surface area (Å²) in [6.45, 7) is 0.437. The Labute approximate surface area is 202 Å². The molecule has 4 nitrogen and oxygen atoms in total. The Balaban J connectivity index is 1.43. The van der Waals surface area contributed by atoms with E-state index >= 15 is 0 Å². The van der Waals surface area contributed by atoms with Gasteiger partial charge in [0.25, 0.3) is 5.91 Å². The van der Waals surface area contributed by atoms with Gasteiger partial charge < -0.3 is 10.0 Å². The molecule has 0 spiro atoms. The summed E-state index contributed by atoms with van der Waals surface area (Å²) in [6.07, 6.45) is 4.73. The van der Waals surface area contributed by atoms with Crippen LogP contribution in [0.3, 0.4) is 0 Å². The van der Waals surface area contributed by atoms with Gasteiger partial charge in [-0.15, -0.1) is 0 Å². The third-order valence-corrected chi connectivity index (χ3v) is 7.34. The number of amides is 1. The highest BCUT2D eigenvalue weighted by Gasteiger charge is 2.50. The Morgan fingerprint density at radius 1 is 0.970 bits per heavy atom. The summed E-state index contributed by atoms with van der Waals surface area (Å²) in [5.74, 6) is -0.645. The van der Waals surface area contributed by atoms with Crippen LogP contribution >= 0.6 is 15.9 Å². The maximum Gasteiger partial charge on any atom is 0.264 e. The summed E-state index contributed by atoms with van der Waals surface area (Å²) in [6, 6.07) is 21.2. The van der Waals surface area contributed by atoms with Crippen molar-refractivity contribution >= 4 is 33.3 Å². The SMILES string of the molecule is O=C(CC1(O)C(=O)N(CCc2ccccc2)c2ccc(Br)cc21)c1ccc2c(c1)CCCC2. The molecule has 0 saturated heterocycles. The van der Waals surface area contributed by atoms with Gasteiger partial charge >= 0.3 is 0 Å². The van der Waals surface area contributed by atoms with Crippen molar-refractivity contribution in [3.63, 3.8) is 0 Å². The summed E-state index contributed by atoms with van der Waals surface area (Å²) in [4.78, 5) is 28.4. The number of nitrogens with zero attached hydrogens (tertiary/aromatic N) is 1. The normalized spacial score (nSPS) is 19.3. The molecule has 2 aliphatic rings. The van der Waals surface area contributed by atoms with E-state index in [2.05, 4.69) is 15.9 Å². The van der Waals surface area contributed by atoms with Gasteiger partial charge in [0, 0.05) is 22.1 Å². The minimum absolute atomic E-state index is 0.213. The Morgan fingerprint density at radius 2 is 1.73 bits per heavy atom. The lowest BCUT2D eigenvalue weighted by molar-refractivity contribution is -0.135. The number of aryl methyl sites for hydroxylation is 2. The van der Waals surface area contributed by atoms with Crippen molar-refractivity contribution in [1.82, 2.24) is 0 Å². The molecule has 1 aliphatic carbocycles. The van der Waals surface area contributed by atoms with Crippen molar-refractivity contribution in [3.05, 3.63) is 99.0 Å². The lowest BCUT2D eigenvalue weighted by atomic mass is 9.85. The van der Waals surface area contributed by atoms with Crippen molar-refractivity contribution in [2.45, 2.75) is 44.1 Å². The second-order valence-corrected chi connectivity index (χ2v) is 9.92. The minimum Gasteiger partial charge on any atom is -0.375 e. The molecule has 0 bridgehead atoms. The van der Waals surface area contributed by atoms with Crippen LogP contribution in [0, 0.1) is 0 Å². The van der Waals surface area contributed by atoms with Crippen molar-refractivity contribution in [2.24, 2.45) is 0 Å². The number of carbonyl (C=O) groups is 2. The van der Waals surface area contributed by atoms with E-state index in [0.29, 0.717) is 29.8 Å². The first kappa shape index (κ1) is 22.1. The largest absolute Gasteiger partial charge is 0.375 e. The van der Waals surface area contributed by atoms with Crippen LogP contribution in [0.15, 0.2) is 71.2 Å². The topological polar surface area (TPSA) is 57.6 Å². The molecule has 0 radical (unpaired) electrons. The predicted molar refractivity (Wildman–Crippen MR) is 133 cm³/mol. The second kappa shape index (κ2) is 8.88. The molecule has 3 aromatic carbocycles. The molecule has 0 aromatic heterocycles. The van der Waals surface area contributed by atoms with E-state index in [4.69, 9.17) is 0 Å². The highest BCUT2D eigenvalue weighted by Crippen LogP contribution is 2.44. The third kappa shape index (κ3) is 4.16. The van der Waals surface area contributed by atoms with E-state index in [1.54, 1.807) is 11.0 Å². The van der Waals surface area contributed by atoms with Crippen LogP contribution in [-0.2, 0) is 29.7 Å². The number of hydrogen-bond acceptors (Lipinski definition) is 3. The number of fused-ring (bicyclic) bond motifs is 2. The van der Waals surface area contributed by atoms with E-state index in [1.807, 2.05) is 60.7 Å². The molecule has 3 aromatic rings. The number of carbonyl (C=O) groups excluding carboxylic acids is 2. The minimum atomic E-state index is -1.87. The van der Waals surface area contributed by atoms with E-state index < -0.39 is 11.5 Å². The van der Waals surface area contributed by atoms with Crippen LogP contribution in [-0.4, -0.2) is 23.3 Å². The summed E-state index contributed by atoms with van der Waals surface area (Å²) in [5, 5.41) is 11.6. The molecule has 0 fully saturated rings. The summed E-state index contributed by atoms with van der Waals surface area (Å²) < 4.78 is 0.763. The highest BCUT2D eigenvalue weighted by molar-refractivity contribution is 9.10. The summed E-state index contributed by atoms with van der Waals surface area (Å²) in [5.41, 5.74) is 3.48. The van der Waals surface area contributed by atoms with Crippen LogP contribution in [0.1, 0.15) is 51.9 Å². The highest BCUT2D eigenvalue weighted by atomic mass is 79.9. The fourth-order valence-electron chi connectivity index (χ4n) is 5.04. The zero-order valence-corrected chi connectivity index (χ0v) is 20.0. The second-order valence-electron chi connectivity index (χ2n) is 9.00. The monoisotopic (exact) mass is 503 g/mol. The number of ketones is 1. The van der Waals surface area contributed by atoms with Gasteiger partial charge in [0.15, 0.2) is 11.4 Å². The molecule has 5 heteroatoms. The van der Waals surface area contributed by atoms with Crippen molar-refractivity contribution in [2.75, 3.05) is 11.4 Å².